The van der Waals surface area contributed by atoms with E-state index in [-0.39, 0.29) is 23.1 Å². The second-order valence-electron chi connectivity index (χ2n) is 4.67. The Morgan fingerprint density at radius 1 is 1.35 bits per heavy atom. The van der Waals surface area contributed by atoms with E-state index in [1.54, 1.807) is 5.38 Å². The number of H-pyrrole nitrogens is 1. The summed E-state index contributed by atoms with van der Waals surface area (Å²) in [5.41, 5.74) is 6.60. The molecule has 0 radical (unpaired) electrons. The van der Waals surface area contributed by atoms with Crippen LogP contribution in [0.15, 0.2) is 23.6 Å². The highest BCUT2D eigenvalue weighted by atomic mass is 32.1. The number of halogens is 3. The van der Waals surface area contributed by atoms with Gasteiger partial charge in [0.25, 0.3) is 5.91 Å². The molecule has 3 aromatic rings. The van der Waals surface area contributed by atoms with Gasteiger partial charge in [0.2, 0.25) is 5.82 Å². The van der Waals surface area contributed by atoms with Crippen molar-refractivity contribution >= 4 is 33.4 Å². The summed E-state index contributed by atoms with van der Waals surface area (Å²) in [7, 11) is 0. The second kappa shape index (κ2) is 5.54. The van der Waals surface area contributed by atoms with Crippen molar-refractivity contribution in [2.24, 2.45) is 0 Å². The Labute approximate surface area is 131 Å². The molecule has 0 saturated heterocycles. The number of aromatic nitrogens is 3. The Kier molecular flexibility index (Phi) is 3.68. The van der Waals surface area contributed by atoms with Gasteiger partial charge in [-0.3, -0.25) is 4.79 Å². The number of nitrogens with one attached hydrogen (secondary N) is 2. The molecular weight excluding hydrogens is 331 g/mol. The monoisotopic (exact) mass is 341 g/mol. The largest absolute Gasteiger partial charge is 0.449 e. The molecule has 6 nitrogen and oxygen atoms in total. The van der Waals surface area contributed by atoms with Crippen molar-refractivity contribution in [3.63, 3.8) is 0 Å². The fourth-order valence-corrected chi connectivity index (χ4v) is 2.52. The molecule has 3 rings (SSSR count). The van der Waals surface area contributed by atoms with Gasteiger partial charge < -0.3 is 16.0 Å². The highest BCUT2D eigenvalue weighted by molar-refractivity contribution is 7.13. The van der Waals surface area contributed by atoms with E-state index in [1.165, 1.54) is 29.5 Å². The zero-order valence-electron chi connectivity index (χ0n) is 11.4. The smallest absolute Gasteiger partial charge is 0.375 e. The Morgan fingerprint density at radius 3 is 2.78 bits per heavy atom. The highest BCUT2D eigenvalue weighted by Gasteiger charge is 2.34. The number of benzene rings is 1. The number of carbonyl (C=O) groups is 1. The van der Waals surface area contributed by atoms with Gasteiger partial charge in [-0.2, -0.15) is 13.2 Å². The zero-order valence-corrected chi connectivity index (χ0v) is 12.3. The first-order chi connectivity index (χ1) is 10.8. The van der Waals surface area contributed by atoms with Crippen molar-refractivity contribution in [3.05, 3.63) is 40.7 Å². The number of thiazole rings is 1. The molecule has 0 unspecified atom stereocenters. The number of nitrogen functional groups attached to an aromatic ring is 1. The van der Waals surface area contributed by atoms with Crippen LogP contribution in [0, 0.1) is 0 Å². The molecule has 1 aromatic carbocycles. The van der Waals surface area contributed by atoms with Gasteiger partial charge in [-0.1, -0.05) is 0 Å². The lowest BCUT2D eigenvalue weighted by atomic mass is 10.2. The Morgan fingerprint density at radius 2 is 2.13 bits per heavy atom. The Hall–Kier alpha value is -2.62. The third-order valence-corrected chi connectivity index (χ3v) is 3.73. The average Bonchev–Trinajstić information content (AvgIpc) is 3.09. The van der Waals surface area contributed by atoms with Crippen LogP contribution in [0.5, 0.6) is 0 Å². The van der Waals surface area contributed by atoms with Gasteiger partial charge in [-0.15, -0.1) is 11.3 Å². The number of hydrogen-bond donors (Lipinski definition) is 3. The van der Waals surface area contributed by atoms with Crippen molar-refractivity contribution in [3.8, 4) is 0 Å². The maximum Gasteiger partial charge on any atom is 0.449 e. The number of nitrogens with two attached hydrogens (primary N) is 1. The molecule has 0 saturated carbocycles. The molecule has 23 heavy (non-hydrogen) atoms. The lowest BCUT2D eigenvalue weighted by Crippen LogP contribution is -2.22. The molecule has 4 N–H and O–H groups in total. The van der Waals surface area contributed by atoms with Crippen molar-refractivity contribution < 1.29 is 18.0 Å². The van der Waals surface area contributed by atoms with E-state index in [0.29, 0.717) is 10.8 Å². The first kappa shape index (κ1) is 15.3. The van der Waals surface area contributed by atoms with Gasteiger partial charge in [0.1, 0.15) is 0 Å². The number of anilines is 1. The number of imidazole rings is 1. The maximum absolute atomic E-state index is 12.6. The van der Waals surface area contributed by atoms with Crippen LogP contribution < -0.4 is 11.1 Å². The van der Waals surface area contributed by atoms with Crippen LogP contribution in [0.2, 0.25) is 0 Å². The fraction of sp³-hybridized carbons (Fsp3) is 0.154. The molecule has 1 amide bonds. The summed E-state index contributed by atoms with van der Waals surface area (Å²) < 4.78 is 37.8. The molecule has 2 heterocycles. The van der Waals surface area contributed by atoms with E-state index in [2.05, 4.69) is 20.3 Å². The standard InChI is InChI=1S/C13H10F3N5OS/c14-13(15,16)11-20-8-2-1-6(3-9(8)21-11)10(22)18-4-7-5-23-12(17)19-7/h1-3,5H,4H2,(H2,17,19)(H,18,22)(H,20,21). The van der Waals surface area contributed by atoms with Gasteiger partial charge in [0, 0.05) is 10.9 Å². The van der Waals surface area contributed by atoms with E-state index < -0.39 is 17.9 Å². The summed E-state index contributed by atoms with van der Waals surface area (Å²) >= 11 is 1.25. The van der Waals surface area contributed by atoms with E-state index in [9.17, 15) is 18.0 Å². The first-order valence-corrected chi connectivity index (χ1v) is 7.26. The summed E-state index contributed by atoms with van der Waals surface area (Å²) in [6.45, 7) is 0.182. The minimum Gasteiger partial charge on any atom is -0.375 e. The minimum atomic E-state index is -4.56. The van der Waals surface area contributed by atoms with E-state index in [1.807, 2.05) is 0 Å². The van der Waals surface area contributed by atoms with Crippen molar-refractivity contribution in [1.82, 2.24) is 20.3 Å². The highest BCUT2D eigenvalue weighted by Crippen LogP contribution is 2.28. The van der Waals surface area contributed by atoms with Crippen LogP contribution in [0.4, 0.5) is 18.3 Å². The van der Waals surface area contributed by atoms with Gasteiger partial charge in [-0.25, -0.2) is 9.97 Å². The van der Waals surface area contributed by atoms with Gasteiger partial charge in [-0.05, 0) is 18.2 Å². The lowest BCUT2D eigenvalue weighted by molar-refractivity contribution is -0.144. The second-order valence-corrected chi connectivity index (χ2v) is 5.56. The molecule has 0 atom stereocenters. The van der Waals surface area contributed by atoms with E-state index >= 15 is 0 Å². The Balaban J connectivity index is 1.78. The molecule has 0 spiro atoms. The number of aromatic amines is 1. The average molecular weight is 341 g/mol. The van der Waals surface area contributed by atoms with Crippen molar-refractivity contribution in [2.75, 3.05) is 5.73 Å². The summed E-state index contributed by atoms with van der Waals surface area (Å²) in [4.78, 5) is 21.7. The van der Waals surface area contributed by atoms with E-state index in [0.717, 1.165) is 0 Å². The summed E-state index contributed by atoms with van der Waals surface area (Å²) in [6, 6.07) is 4.09. The maximum atomic E-state index is 12.6. The molecule has 10 heteroatoms. The Bertz CT molecular complexity index is 870. The predicted octanol–water partition coefficient (Wildman–Crippen LogP) is 2.55. The number of nitrogens with zero attached hydrogens (tertiary/aromatic N) is 2. The molecule has 120 valence electrons. The van der Waals surface area contributed by atoms with Crippen LogP contribution in [0.3, 0.4) is 0 Å². The number of fused-ring (bicyclic) bond motifs is 1. The molecule has 0 aliphatic heterocycles. The van der Waals surface area contributed by atoms with Gasteiger partial charge >= 0.3 is 6.18 Å². The van der Waals surface area contributed by atoms with Crippen LogP contribution >= 0.6 is 11.3 Å². The molecule has 2 aromatic heterocycles. The first-order valence-electron chi connectivity index (χ1n) is 6.38. The number of carbonyl (C=O) groups excluding carboxylic acids is 1. The molecule has 0 bridgehead atoms. The van der Waals surface area contributed by atoms with Crippen molar-refractivity contribution in [1.29, 1.82) is 0 Å². The SMILES string of the molecule is Nc1nc(CNC(=O)c2ccc3nc(C(F)(F)F)[nH]c3c2)cs1. The van der Waals surface area contributed by atoms with Crippen LogP contribution in [0.25, 0.3) is 11.0 Å². The number of amides is 1. The number of hydrogen-bond acceptors (Lipinski definition) is 5. The third kappa shape index (κ3) is 3.26. The molecule has 0 fully saturated rings. The summed E-state index contributed by atoms with van der Waals surface area (Å²) in [5.74, 6) is -1.52. The molecule has 0 aliphatic rings. The zero-order chi connectivity index (χ0) is 16.6. The van der Waals surface area contributed by atoms with Gasteiger partial charge in [0.15, 0.2) is 5.13 Å². The molecular formula is C13H10F3N5OS. The summed E-state index contributed by atoms with van der Waals surface area (Å²) in [5, 5.41) is 4.73. The number of alkyl halides is 3. The van der Waals surface area contributed by atoms with Gasteiger partial charge in [0.05, 0.1) is 23.3 Å². The predicted molar refractivity (Wildman–Crippen MR) is 78.8 cm³/mol. The third-order valence-electron chi connectivity index (χ3n) is 3.01. The topological polar surface area (TPSA) is 96.7 Å². The lowest BCUT2D eigenvalue weighted by Gasteiger charge is -2.03. The minimum absolute atomic E-state index is 0.140. The normalized spacial score (nSPS) is 11.8. The quantitative estimate of drug-likeness (QED) is 0.682. The molecule has 0 aliphatic carbocycles. The van der Waals surface area contributed by atoms with Crippen LogP contribution in [0.1, 0.15) is 21.9 Å². The van der Waals surface area contributed by atoms with Crippen molar-refractivity contribution in [2.45, 2.75) is 12.7 Å². The van der Waals surface area contributed by atoms with Crippen LogP contribution in [-0.4, -0.2) is 20.9 Å². The fourth-order valence-electron chi connectivity index (χ4n) is 1.96. The van der Waals surface area contributed by atoms with E-state index in [4.69, 9.17) is 5.73 Å². The summed E-state index contributed by atoms with van der Waals surface area (Å²) in [6.07, 6.45) is -4.56. The van der Waals surface area contributed by atoms with Crippen LogP contribution in [-0.2, 0) is 12.7 Å². The number of rotatable bonds is 3.